The van der Waals surface area contributed by atoms with Crippen molar-refractivity contribution < 1.29 is 4.79 Å². The average molecular weight is 255 g/mol. The van der Waals surface area contributed by atoms with E-state index >= 15 is 0 Å². The minimum absolute atomic E-state index is 0.623. The summed E-state index contributed by atoms with van der Waals surface area (Å²) in [6.07, 6.45) is 6.04. The zero-order chi connectivity index (χ0) is 12.4. The van der Waals surface area contributed by atoms with Crippen molar-refractivity contribution in [1.29, 1.82) is 0 Å². The molecule has 0 unspecified atom stereocenters. The van der Waals surface area contributed by atoms with E-state index in [0.717, 1.165) is 22.5 Å². The van der Waals surface area contributed by atoms with Gasteiger partial charge >= 0.3 is 0 Å². The molecule has 0 fully saturated rings. The number of carbonyl (C=O) groups excluding carboxylic acids is 1. The molecule has 0 bridgehead atoms. The number of thiazole rings is 1. The number of rotatable bonds is 3. The number of carbonyl (C=O) groups is 1. The predicted octanol–water partition coefficient (Wildman–Crippen LogP) is 2.81. The molecule has 2 aromatic heterocycles. The normalized spacial score (nSPS) is 10.4. The van der Waals surface area contributed by atoms with Gasteiger partial charge in [0.1, 0.15) is 5.01 Å². The summed E-state index contributed by atoms with van der Waals surface area (Å²) in [5.74, 6) is 0. The number of benzene rings is 1. The first kappa shape index (κ1) is 10.9. The van der Waals surface area contributed by atoms with Crippen LogP contribution in [0, 0.1) is 0 Å². The van der Waals surface area contributed by atoms with Crippen LogP contribution in [-0.4, -0.2) is 21.1 Å². The van der Waals surface area contributed by atoms with Gasteiger partial charge < -0.3 is 0 Å². The maximum absolute atomic E-state index is 10.6. The van der Waals surface area contributed by atoms with Crippen LogP contribution in [0.3, 0.4) is 0 Å². The first-order chi connectivity index (χ1) is 8.86. The molecule has 5 heteroatoms. The van der Waals surface area contributed by atoms with Gasteiger partial charge in [0.15, 0.2) is 6.29 Å². The summed E-state index contributed by atoms with van der Waals surface area (Å²) in [5.41, 5.74) is 1.91. The molecule has 0 radical (unpaired) electrons. The molecule has 0 saturated heterocycles. The van der Waals surface area contributed by atoms with Crippen molar-refractivity contribution in [3.05, 3.63) is 53.8 Å². The van der Waals surface area contributed by atoms with Gasteiger partial charge in [0.25, 0.3) is 0 Å². The molecule has 0 amide bonds. The van der Waals surface area contributed by atoms with Crippen LogP contribution in [0.25, 0.3) is 16.3 Å². The first-order valence-electron chi connectivity index (χ1n) is 5.38. The molecule has 0 aliphatic rings. The summed E-state index contributed by atoms with van der Waals surface area (Å²) in [5, 5.41) is 5.10. The molecule has 3 aromatic rings. The van der Waals surface area contributed by atoms with Gasteiger partial charge in [-0.25, -0.2) is 9.67 Å². The van der Waals surface area contributed by atoms with Crippen LogP contribution in [0.2, 0.25) is 0 Å². The number of aldehydes is 1. The second kappa shape index (κ2) is 4.54. The first-order valence-corrected chi connectivity index (χ1v) is 6.20. The Morgan fingerprint density at radius 2 is 2.00 bits per heavy atom. The van der Waals surface area contributed by atoms with E-state index in [1.807, 2.05) is 36.5 Å². The third-order valence-corrected chi connectivity index (χ3v) is 3.46. The molecule has 3 rings (SSSR count). The van der Waals surface area contributed by atoms with E-state index in [2.05, 4.69) is 10.1 Å². The summed E-state index contributed by atoms with van der Waals surface area (Å²) >= 11 is 1.36. The smallest absolute Gasteiger partial charge is 0.161 e. The van der Waals surface area contributed by atoms with E-state index in [1.165, 1.54) is 11.3 Å². The zero-order valence-electron chi connectivity index (χ0n) is 9.35. The second-order valence-corrected chi connectivity index (χ2v) is 4.76. The third kappa shape index (κ3) is 1.96. The van der Waals surface area contributed by atoms with Crippen LogP contribution in [0.4, 0.5) is 0 Å². The molecule has 4 nitrogen and oxygen atoms in total. The van der Waals surface area contributed by atoms with Crippen molar-refractivity contribution in [1.82, 2.24) is 14.8 Å². The number of aromatic nitrogens is 3. The van der Waals surface area contributed by atoms with Gasteiger partial charge in [-0.3, -0.25) is 4.79 Å². The van der Waals surface area contributed by atoms with Gasteiger partial charge in [-0.1, -0.05) is 18.2 Å². The van der Waals surface area contributed by atoms with Crippen molar-refractivity contribution >= 4 is 17.6 Å². The van der Waals surface area contributed by atoms with Gasteiger partial charge in [0, 0.05) is 18.0 Å². The van der Waals surface area contributed by atoms with Crippen molar-refractivity contribution in [2.75, 3.05) is 0 Å². The topological polar surface area (TPSA) is 47.8 Å². The van der Waals surface area contributed by atoms with E-state index in [-0.39, 0.29) is 0 Å². The molecule has 18 heavy (non-hydrogen) atoms. The Morgan fingerprint density at radius 1 is 1.17 bits per heavy atom. The minimum atomic E-state index is 0.623. The molecule has 0 aliphatic carbocycles. The Morgan fingerprint density at radius 3 is 2.72 bits per heavy atom. The molecule has 0 N–H and O–H groups in total. The number of hydrogen-bond acceptors (Lipinski definition) is 4. The van der Waals surface area contributed by atoms with Crippen molar-refractivity contribution in [3.8, 4) is 16.3 Å². The predicted molar refractivity (Wildman–Crippen MR) is 70.1 cm³/mol. The number of hydrogen-bond donors (Lipinski definition) is 0. The van der Waals surface area contributed by atoms with Gasteiger partial charge in [0.05, 0.1) is 16.8 Å². The molecule has 0 aliphatic heterocycles. The highest BCUT2D eigenvalue weighted by Gasteiger charge is 2.07. The molecule has 0 atom stereocenters. The van der Waals surface area contributed by atoms with Crippen LogP contribution in [-0.2, 0) is 0 Å². The Balaban J connectivity index is 1.96. The summed E-state index contributed by atoms with van der Waals surface area (Å²) in [4.78, 5) is 15.4. The van der Waals surface area contributed by atoms with Gasteiger partial charge in [-0.15, -0.1) is 11.3 Å². The zero-order valence-corrected chi connectivity index (χ0v) is 10.2. The largest absolute Gasteiger partial charge is 0.297 e. The Kier molecular flexibility index (Phi) is 2.74. The number of nitrogens with zero attached hydrogens (tertiary/aromatic N) is 3. The van der Waals surface area contributed by atoms with E-state index in [9.17, 15) is 4.79 Å². The van der Waals surface area contributed by atoms with Gasteiger partial charge in [-0.2, -0.15) is 5.10 Å². The van der Waals surface area contributed by atoms with E-state index < -0.39 is 0 Å². The highest BCUT2D eigenvalue weighted by atomic mass is 32.1. The van der Waals surface area contributed by atoms with Crippen molar-refractivity contribution in [2.45, 2.75) is 0 Å². The maximum Gasteiger partial charge on any atom is 0.161 e. The van der Waals surface area contributed by atoms with Crippen LogP contribution in [0.15, 0.2) is 48.9 Å². The standard InChI is InChI=1S/C13H9N3OS/c17-9-12-7-14-13(18-12)10-6-15-16(8-10)11-4-2-1-3-5-11/h1-9H. The Hall–Kier alpha value is -2.27. The highest BCUT2D eigenvalue weighted by Crippen LogP contribution is 2.24. The lowest BCUT2D eigenvalue weighted by Gasteiger charge is -1.98. The van der Waals surface area contributed by atoms with Crippen LogP contribution >= 0.6 is 11.3 Å². The van der Waals surface area contributed by atoms with E-state index in [4.69, 9.17) is 0 Å². The maximum atomic E-state index is 10.6. The molecule has 0 spiro atoms. The summed E-state index contributed by atoms with van der Waals surface area (Å²) in [6, 6.07) is 9.85. The monoisotopic (exact) mass is 255 g/mol. The van der Waals surface area contributed by atoms with E-state index in [0.29, 0.717) is 4.88 Å². The fourth-order valence-electron chi connectivity index (χ4n) is 1.63. The third-order valence-electron chi connectivity index (χ3n) is 2.49. The molecular formula is C13H9N3OS. The van der Waals surface area contributed by atoms with Gasteiger partial charge in [-0.05, 0) is 12.1 Å². The second-order valence-electron chi connectivity index (χ2n) is 3.69. The molecule has 88 valence electrons. The van der Waals surface area contributed by atoms with E-state index in [1.54, 1.807) is 17.1 Å². The Labute approximate surface area is 108 Å². The molecule has 2 heterocycles. The molecule has 0 saturated carbocycles. The van der Waals surface area contributed by atoms with Crippen LogP contribution in [0.1, 0.15) is 9.67 Å². The number of para-hydroxylation sites is 1. The van der Waals surface area contributed by atoms with Crippen LogP contribution < -0.4 is 0 Å². The van der Waals surface area contributed by atoms with Crippen molar-refractivity contribution in [2.24, 2.45) is 0 Å². The lowest BCUT2D eigenvalue weighted by molar-refractivity contribution is 0.112. The lowest BCUT2D eigenvalue weighted by Crippen LogP contribution is -1.92. The Bertz CT molecular complexity index is 672. The fourth-order valence-corrected chi connectivity index (χ4v) is 2.34. The summed E-state index contributed by atoms with van der Waals surface area (Å²) < 4.78 is 1.79. The van der Waals surface area contributed by atoms with Crippen LogP contribution in [0.5, 0.6) is 0 Å². The quantitative estimate of drug-likeness (QED) is 0.676. The lowest BCUT2D eigenvalue weighted by atomic mass is 10.3. The summed E-state index contributed by atoms with van der Waals surface area (Å²) in [6.45, 7) is 0. The molecule has 1 aromatic carbocycles. The van der Waals surface area contributed by atoms with Gasteiger partial charge in [0.2, 0.25) is 0 Å². The minimum Gasteiger partial charge on any atom is -0.297 e. The van der Waals surface area contributed by atoms with Crippen molar-refractivity contribution in [3.63, 3.8) is 0 Å². The SMILES string of the molecule is O=Cc1cnc(-c2cnn(-c3ccccc3)c2)s1. The average Bonchev–Trinajstić information content (AvgIpc) is 3.08. The highest BCUT2D eigenvalue weighted by molar-refractivity contribution is 7.16. The summed E-state index contributed by atoms with van der Waals surface area (Å²) in [7, 11) is 0. The fraction of sp³-hybridized carbons (Fsp3) is 0. The molecular weight excluding hydrogens is 246 g/mol.